The van der Waals surface area contributed by atoms with Crippen LogP contribution in [0.15, 0.2) is 40.5 Å². The molecule has 0 fully saturated rings. The first-order valence-electron chi connectivity index (χ1n) is 6.19. The van der Waals surface area contributed by atoms with Crippen LogP contribution in [0.1, 0.15) is 11.6 Å². The lowest BCUT2D eigenvalue weighted by molar-refractivity contribution is 0.923. The maximum atomic E-state index is 11.9. The van der Waals surface area contributed by atoms with Crippen LogP contribution in [0.2, 0.25) is 0 Å². The molecule has 0 aliphatic carbocycles. The number of aromatic nitrogens is 4. The largest absolute Gasteiger partial charge is 0.342 e. The molecule has 0 aliphatic rings. The second-order valence-corrected chi connectivity index (χ2v) is 5.44. The third-order valence-corrected chi connectivity index (χ3v) is 4.04. The second kappa shape index (κ2) is 4.28. The molecule has 0 aliphatic heterocycles. The molecule has 0 spiro atoms. The van der Waals surface area contributed by atoms with Gasteiger partial charge in [-0.3, -0.25) is 4.79 Å². The number of para-hydroxylation sites is 2. The van der Waals surface area contributed by atoms with Crippen molar-refractivity contribution < 1.29 is 0 Å². The Hall–Kier alpha value is -2.47. The zero-order valence-electron chi connectivity index (χ0n) is 10.4. The minimum Gasteiger partial charge on any atom is -0.342 e. The molecule has 2 N–H and O–H groups in total. The molecule has 0 saturated carbocycles. The van der Waals surface area contributed by atoms with Gasteiger partial charge in [-0.1, -0.05) is 12.1 Å². The van der Waals surface area contributed by atoms with Gasteiger partial charge in [0, 0.05) is 0 Å². The molecule has 0 radical (unpaired) electrons. The van der Waals surface area contributed by atoms with Crippen LogP contribution in [0.4, 0.5) is 0 Å². The quantitative estimate of drug-likeness (QED) is 0.593. The molecule has 0 unspecified atom stereocenters. The van der Waals surface area contributed by atoms with Crippen molar-refractivity contribution in [3.8, 4) is 0 Å². The van der Waals surface area contributed by atoms with Crippen LogP contribution >= 0.6 is 11.3 Å². The standard InChI is InChI=1S/C14H10N4OS/c19-14-13-10(5-6-20-13)17-12(18-14)7-11-15-8-3-1-2-4-9(8)16-11/h1-6H,7H2,(H,15,16)(H,17,18,19). The number of thiophene rings is 1. The average Bonchev–Trinajstić information content (AvgIpc) is 3.04. The van der Waals surface area contributed by atoms with Gasteiger partial charge in [0.25, 0.3) is 5.56 Å². The first-order chi connectivity index (χ1) is 9.79. The zero-order valence-corrected chi connectivity index (χ0v) is 11.2. The lowest BCUT2D eigenvalue weighted by Gasteiger charge is -1.97. The number of hydrogen-bond acceptors (Lipinski definition) is 4. The van der Waals surface area contributed by atoms with E-state index in [-0.39, 0.29) is 5.56 Å². The number of imidazole rings is 1. The van der Waals surface area contributed by atoms with E-state index in [1.807, 2.05) is 35.7 Å². The van der Waals surface area contributed by atoms with E-state index in [0.29, 0.717) is 16.9 Å². The van der Waals surface area contributed by atoms with Crippen LogP contribution in [0.25, 0.3) is 21.3 Å². The van der Waals surface area contributed by atoms with Crippen molar-refractivity contribution in [3.05, 3.63) is 57.7 Å². The normalized spacial score (nSPS) is 11.4. The minimum atomic E-state index is -0.0869. The number of hydrogen-bond donors (Lipinski definition) is 2. The fourth-order valence-electron chi connectivity index (χ4n) is 2.25. The zero-order chi connectivity index (χ0) is 13.5. The summed E-state index contributed by atoms with van der Waals surface area (Å²) in [6, 6.07) is 9.70. The molecule has 6 heteroatoms. The maximum absolute atomic E-state index is 11.9. The highest BCUT2D eigenvalue weighted by molar-refractivity contribution is 7.17. The molecular weight excluding hydrogens is 272 g/mol. The van der Waals surface area contributed by atoms with Gasteiger partial charge in [0.15, 0.2) is 0 Å². The van der Waals surface area contributed by atoms with Crippen LogP contribution in [0, 0.1) is 0 Å². The van der Waals surface area contributed by atoms with Crippen molar-refractivity contribution in [2.24, 2.45) is 0 Å². The van der Waals surface area contributed by atoms with Gasteiger partial charge in [0.1, 0.15) is 16.3 Å². The molecule has 98 valence electrons. The van der Waals surface area contributed by atoms with Gasteiger partial charge in [0.2, 0.25) is 0 Å². The van der Waals surface area contributed by atoms with Crippen LogP contribution in [-0.4, -0.2) is 19.9 Å². The molecule has 1 aromatic carbocycles. The fraction of sp³-hybridized carbons (Fsp3) is 0.0714. The third-order valence-electron chi connectivity index (χ3n) is 3.14. The monoisotopic (exact) mass is 282 g/mol. The van der Waals surface area contributed by atoms with Crippen LogP contribution in [0.5, 0.6) is 0 Å². The lowest BCUT2D eigenvalue weighted by Crippen LogP contribution is -2.11. The van der Waals surface area contributed by atoms with Crippen LogP contribution in [0.3, 0.4) is 0 Å². The van der Waals surface area contributed by atoms with Crippen molar-refractivity contribution >= 4 is 32.6 Å². The summed E-state index contributed by atoms with van der Waals surface area (Å²) in [4.78, 5) is 26.9. The Morgan fingerprint density at radius 1 is 1.00 bits per heavy atom. The molecule has 4 rings (SSSR count). The molecule has 0 atom stereocenters. The molecule has 0 bridgehead atoms. The van der Waals surface area contributed by atoms with Crippen molar-refractivity contribution in [1.82, 2.24) is 19.9 Å². The van der Waals surface area contributed by atoms with Crippen molar-refractivity contribution in [2.75, 3.05) is 0 Å². The smallest absolute Gasteiger partial charge is 0.268 e. The van der Waals surface area contributed by atoms with Gasteiger partial charge in [-0.2, -0.15) is 0 Å². The third kappa shape index (κ3) is 1.81. The highest BCUT2D eigenvalue weighted by Crippen LogP contribution is 2.15. The number of aromatic amines is 2. The average molecular weight is 282 g/mol. The van der Waals surface area contributed by atoms with Gasteiger partial charge in [-0.25, -0.2) is 9.97 Å². The van der Waals surface area contributed by atoms with Gasteiger partial charge in [-0.05, 0) is 23.6 Å². The summed E-state index contributed by atoms with van der Waals surface area (Å²) in [5.74, 6) is 1.42. The van der Waals surface area contributed by atoms with Gasteiger partial charge in [0.05, 0.1) is 23.0 Å². The molecule has 20 heavy (non-hydrogen) atoms. The summed E-state index contributed by atoms with van der Waals surface area (Å²) in [6.45, 7) is 0. The summed E-state index contributed by atoms with van der Waals surface area (Å²) in [5.41, 5.74) is 2.56. The first-order valence-corrected chi connectivity index (χ1v) is 7.07. The van der Waals surface area contributed by atoms with E-state index >= 15 is 0 Å². The lowest BCUT2D eigenvalue weighted by atomic mass is 10.3. The van der Waals surface area contributed by atoms with E-state index in [1.54, 1.807) is 0 Å². The van der Waals surface area contributed by atoms with Crippen molar-refractivity contribution in [2.45, 2.75) is 6.42 Å². The molecule has 0 amide bonds. The van der Waals surface area contributed by atoms with Crippen LogP contribution in [-0.2, 0) is 6.42 Å². The SMILES string of the molecule is O=c1[nH]c(Cc2nc3ccccc3[nH]2)nc2ccsc12. The molecule has 5 nitrogen and oxygen atoms in total. The Labute approximate surface area is 117 Å². The Morgan fingerprint density at radius 3 is 2.70 bits per heavy atom. The van der Waals surface area contributed by atoms with E-state index in [1.165, 1.54) is 11.3 Å². The highest BCUT2D eigenvalue weighted by Gasteiger charge is 2.08. The minimum absolute atomic E-state index is 0.0869. The van der Waals surface area contributed by atoms with E-state index in [4.69, 9.17) is 0 Å². The number of H-pyrrole nitrogens is 2. The number of fused-ring (bicyclic) bond motifs is 2. The molecule has 3 heterocycles. The van der Waals surface area contributed by atoms with Crippen molar-refractivity contribution in [3.63, 3.8) is 0 Å². The predicted molar refractivity (Wildman–Crippen MR) is 79.1 cm³/mol. The number of nitrogens with zero attached hydrogens (tertiary/aromatic N) is 2. The summed E-state index contributed by atoms with van der Waals surface area (Å²) >= 11 is 1.40. The Balaban J connectivity index is 1.78. The van der Waals surface area contributed by atoms with E-state index in [0.717, 1.165) is 22.4 Å². The molecule has 3 aromatic heterocycles. The Bertz CT molecular complexity index is 933. The van der Waals surface area contributed by atoms with Crippen molar-refractivity contribution in [1.29, 1.82) is 0 Å². The summed E-state index contributed by atoms with van der Waals surface area (Å²) in [7, 11) is 0. The molecular formula is C14H10N4OS. The van der Waals surface area contributed by atoms with E-state index in [2.05, 4.69) is 19.9 Å². The van der Waals surface area contributed by atoms with E-state index in [9.17, 15) is 4.79 Å². The number of benzene rings is 1. The van der Waals surface area contributed by atoms with Gasteiger partial charge in [-0.15, -0.1) is 11.3 Å². The number of rotatable bonds is 2. The topological polar surface area (TPSA) is 74.4 Å². The van der Waals surface area contributed by atoms with E-state index < -0.39 is 0 Å². The predicted octanol–water partition coefficient (Wildman–Crippen LogP) is 2.45. The second-order valence-electron chi connectivity index (χ2n) is 4.53. The summed E-state index contributed by atoms with van der Waals surface area (Å²) in [5, 5.41) is 1.87. The first kappa shape index (κ1) is 11.4. The summed E-state index contributed by atoms with van der Waals surface area (Å²) < 4.78 is 0.665. The number of nitrogens with one attached hydrogen (secondary N) is 2. The van der Waals surface area contributed by atoms with Crippen LogP contribution < -0.4 is 5.56 Å². The fourth-order valence-corrected chi connectivity index (χ4v) is 2.98. The maximum Gasteiger partial charge on any atom is 0.268 e. The van der Waals surface area contributed by atoms with Gasteiger partial charge < -0.3 is 9.97 Å². The Morgan fingerprint density at radius 2 is 1.80 bits per heavy atom. The highest BCUT2D eigenvalue weighted by atomic mass is 32.1. The Kier molecular flexibility index (Phi) is 2.43. The molecule has 0 saturated heterocycles. The molecule has 4 aromatic rings. The summed E-state index contributed by atoms with van der Waals surface area (Å²) in [6.07, 6.45) is 0.482. The van der Waals surface area contributed by atoms with Gasteiger partial charge >= 0.3 is 0 Å².